The summed E-state index contributed by atoms with van der Waals surface area (Å²) in [6.07, 6.45) is 5.45. The van der Waals surface area contributed by atoms with Gasteiger partial charge in [-0.2, -0.15) is 0 Å². The molecule has 18 heavy (non-hydrogen) atoms. The maximum Gasteiger partial charge on any atom is 0.125 e. The van der Waals surface area contributed by atoms with E-state index in [4.69, 9.17) is 5.73 Å². The van der Waals surface area contributed by atoms with Gasteiger partial charge in [0.25, 0.3) is 0 Å². The summed E-state index contributed by atoms with van der Waals surface area (Å²) in [5, 5.41) is 3.27. The second-order valence-corrected chi connectivity index (χ2v) is 4.40. The maximum atomic E-state index is 5.57. The highest BCUT2D eigenvalue weighted by atomic mass is 15.0. The van der Waals surface area contributed by atoms with Crippen molar-refractivity contribution in [2.45, 2.75) is 6.92 Å². The smallest absolute Gasteiger partial charge is 0.125 e. The zero-order valence-electron chi connectivity index (χ0n) is 10.5. The minimum Gasteiger partial charge on any atom is -0.370 e. The molecule has 2 aromatic rings. The molecule has 4 heteroatoms. The number of nitrogens with zero attached hydrogens (tertiary/aromatic N) is 2. The van der Waals surface area contributed by atoms with Crippen molar-refractivity contribution in [2.24, 2.45) is 11.7 Å². The molecule has 0 aliphatic heterocycles. The van der Waals surface area contributed by atoms with Crippen LogP contribution in [-0.2, 0) is 0 Å². The summed E-state index contributed by atoms with van der Waals surface area (Å²) in [7, 11) is 0. The molecular formula is C14H18N4. The van der Waals surface area contributed by atoms with Gasteiger partial charge in [0.15, 0.2) is 0 Å². The number of hydrogen-bond donors (Lipinski definition) is 2. The lowest BCUT2D eigenvalue weighted by atomic mass is 10.1. The summed E-state index contributed by atoms with van der Waals surface area (Å²) in [6.45, 7) is 3.63. The number of rotatable bonds is 5. The molecule has 0 saturated heterocycles. The van der Waals surface area contributed by atoms with Crippen molar-refractivity contribution in [1.82, 2.24) is 9.97 Å². The van der Waals surface area contributed by atoms with Crippen LogP contribution in [0.5, 0.6) is 0 Å². The third-order valence-electron chi connectivity index (χ3n) is 2.79. The zero-order valence-corrected chi connectivity index (χ0v) is 10.5. The van der Waals surface area contributed by atoms with Crippen LogP contribution in [0, 0.1) is 5.92 Å². The van der Waals surface area contributed by atoms with E-state index in [1.807, 2.05) is 36.7 Å². The second kappa shape index (κ2) is 6.12. The molecule has 2 heterocycles. The Morgan fingerprint density at radius 3 is 2.67 bits per heavy atom. The fourth-order valence-corrected chi connectivity index (χ4v) is 1.56. The van der Waals surface area contributed by atoms with E-state index in [-0.39, 0.29) is 0 Å². The van der Waals surface area contributed by atoms with Crippen LogP contribution in [0.2, 0.25) is 0 Å². The Hall–Kier alpha value is -1.94. The molecular weight excluding hydrogens is 224 g/mol. The van der Waals surface area contributed by atoms with E-state index in [1.54, 1.807) is 6.20 Å². The summed E-state index contributed by atoms with van der Waals surface area (Å²) in [5.74, 6) is 1.33. The van der Waals surface area contributed by atoms with Crippen LogP contribution in [0.25, 0.3) is 11.1 Å². The summed E-state index contributed by atoms with van der Waals surface area (Å²) in [5.41, 5.74) is 7.71. The molecule has 0 aliphatic rings. The van der Waals surface area contributed by atoms with Crippen LogP contribution in [0.4, 0.5) is 5.82 Å². The average Bonchev–Trinajstić information content (AvgIpc) is 2.46. The van der Waals surface area contributed by atoms with E-state index >= 15 is 0 Å². The number of aromatic nitrogens is 2. The molecule has 0 amide bonds. The molecule has 4 nitrogen and oxygen atoms in total. The summed E-state index contributed by atoms with van der Waals surface area (Å²) in [6, 6.07) is 7.96. The molecule has 0 aliphatic carbocycles. The minimum absolute atomic E-state index is 0.449. The number of pyridine rings is 2. The SMILES string of the molecule is CC(CN)CNc1ccc(-c2cccnc2)cn1. The van der Waals surface area contributed by atoms with E-state index in [1.165, 1.54) is 0 Å². The quantitative estimate of drug-likeness (QED) is 0.843. The van der Waals surface area contributed by atoms with E-state index < -0.39 is 0 Å². The lowest BCUT2D eigenvalue weighted by Gasteiger charge is -2.10. The number of hydrogen-bond acceptors (Lipinski definition) is 4. The van der Waals surface area contributed by atoms with Crippen molar-refractivity contribution < 1.29 is 0 Å². The molecule has 3 N–H and O–H groups in total. The van der Waals surface area contributed by atoms with Crippen molar-refractivity contribution >= 4 is 5.82 Å². The van der Waals surface area contributed by atoms with Gasteiger partial charge < -0.3 is 11.1 Å². The minimum atomic E-state index is 0.449. The van der Waals surface area contributed by atoms with Gasteiger partial charge in [-0.05, 0) is 30.7 Å². The fraction of sp³-hybridized carbons (Fsp3) is 0.286. The predicted molar refractivity (Wildman–Crippen MR) is 74.2 cm³/mol. The highest BCUT2D eigenvalue weighted by molar-refractivity contribution is 5.62. The lowest BCUT2D eigenvalue weighted by Crippen LogP contribution is -2.20. The van der Waals surface area contributed by atoms with Crippen molar-refractivity contribution in [1.29, 1.82) is 0 Å². The highest BCUT2D eigenvalue weighted by Gasteiger charge is 2.01. The van der Waals surface area contributed by atoms with Gasteiger partial charge >= 0.3 is 0 Å². The molecule has 0 radical (unpaired) electrons. The maximum absolute atomic E-state index is 5.57. The number of nitrogens with two attached hydrogens (primary N) is 1. The van der Waals surface area contributed by atoms with Crippen LogP contribution < -0.4 is 11.1 Å². The molecule has 0 spiro atoms. The first-order valence-electron chi connectivity index (χ1n) is 6.10. The Morgan fingerprint density at radius 2 is 2.06 bits per heavy atom. The number of nitrogens with one attached hydrogen (secondary N) is 1. The van der Waals surface area contributed by atoms with Crippen molar-refractivity contribution in [3.63, 3.8) is 0 Å². The van der Waals surface area contributed by atoms with Crippen LogP contribution in [0.1, 0.15) is 6.92 Å². The summed E-state index contributed by atoms with van der Waals surface area (Å²) >= 11 is 0. The van der Waals surface area contributed by atoms with Gasteiger partial charge in [-0.3, -0.25) is 4.98 Å². The third kappa shape index (κ3) is 3.28. The number of anilines is 1. The first-order chi connectivity index (χ1) is 8.79. The topological polar surface area (TPSA) is 63.8 Å². The molecule has 2 rings (SSSR count). The predicted octanol–water partition coefficient (Wildman–Crippen LogP) is 2.15. The zero-order chi connectivity index (χ0) is 12.8. The molecule has 1 atom stereocenters. The van der Waals surface area contributed by atoms with Crippen LogP contribution >= 0.6 is 0 Å². The van der Waals surface area contributed by atoms with E-state index in [0.717, 1.165) is 23.5 Å². The van der Waals surface area contributed by atoms with Crippen LogP contribution in [0.3, 0.4) is 0 Å². The van der Waals surface area contributed by atoms with Gasteiger partial charge in [0, 0.05) is 36.3 Å². The van der Waals surface area contributed by atoms with Crippen molar-refractivity contribution in [3.8, 4) is 11.1 Å². The standard InChI is InChI=1S/C14H18N4/c1-11(7-15)8-17-14-5-4-13(10-18-14)12-3-2-6-16-9-12/h2-6,9-11H,7-8,15H2,1H3,(H,17,18). The normalized spacial score (nSPS) is 12.1. The fourth-order valence-electron chi connectivity index (χ4n) is 1.56. The van der Waals surface area contributed by atoms with E-state index in [2.05, 4.69) is 22.2 Å². The van der Waals surface area contributed by atoms with Crippen molar-refractivity contribution in [3.05, 3.63) is 42.9 Å². The Kier molecular flexibility index (Phi) is 4.25. The Labute approximate surface area is 107 Å². The van der Waals surface area contributed by atoms with Gasteiger partial charge in [0.05, 0.1) is 0 Å². The largest absolute Gasteiger partial charge is 0.370 e. The summed E-state index contributed by atoms with van der Waals surface area (Å²) in [4.78, 5) is 8.48. The Morgan fingerprint density at radius 1 is 1.22 bits per heavy atom. The molecule has 94 valence electrons. The van der Waals surface area contributed by atoms with Gasteiger partial charge in [0.2, 0.25) is 0 Å². The van der Waals surface area contributed by atoms with Crippen molar-refractivity contribution in [2.75, 3.05) is 18.4 Å². The van der Waals surface area contributed by atoms with Crippen LogP contribution in [-0.4, -0.2) is 23.1 Å². The summed E-state index contributed by atoms with van der Waals surface area (Å²) < 4.78 is 0. The van der Waals surface area contributed by atoms with Gasteiger partial charge in [-0.1, -0.05) is 13.0 Å². The Bertz CT molecular complexity index is 467. The van der Waals surface area contributed by atoms with E-state index in [0.29, 0.717) is 12.5 Å². The monoisotopic (exact) mass is 242 g/mol. The first-order valence-corrected chi connectivity index (χ1v) is 6.10. The van der Waals surface area contributed by atoms with Gasteiger partial charge in [-0.15, -0.1) is 0 Å². The molecule has 0 fully saturated rings. The lowest BCUT2D eigenvalue weighted by molar-refractivity contribution is 0.627. The van der Waals surface area contributed by atoms with Crippen LogP contribution in [0.15, 0.2) is 42.9 Å². The Balaban J connectivity index is 2.02. The third-order valence-corrected chi connectivity index (χ3v) is 2.79. The average molecular weight is 242 g/mol. The molecule has 1 unspecified atom stereocenters. The van der Waals surface area contributed by atoms with E-state index in [9.17, 15) is 0 Å². The van der Waals surface area contributed by atoms with Gasteiger partial charge in [0.1, 0.15) is 5.82 Å². The first kappa shape index (κ1) is 12.5. The molecule has 0 bridgehead atoms. The molecule has 2 aromatic heterocycles. The molecule has 0 saturated carbocycles. The highest BCUT2D eigenvalue weighted by Crippen LogP contribution is 2.18. The second-order valence-electron chi connectivity index (χ2n) is 4.40. The molecule has 0 aromatic carbocycles. The van der Waals surface area contributed by atoms with Gasteiger partial charge in [-0.25, -0.2) is 4.98 Å².